The minimum Gasteiger partial charge on any atom is -0.320 e. The SMILES string of the molecule is N#C/C(=C\c1ccc2c3c(cccc13)CC2)C(=O)Nc1cccc(Cl)c1Cl. The second-order valence-electron chi connectivity index (χ2n) is 6.38. The Balaban J connectivity index is 1.72. The third kappa shape index (κ3) is 3.19. The first kappa shape index (κ1) is 17.6. The highest BCUT2D eigenvalue weighted by atomic mass is 35.5. The average molecular weight is 393 g/mol. The zero-order chi connectivity index (χ0) is 19.0. The van der Waals surface area contributed by atoms with Crippen molar-refractivity contribution >= 4 is 51.6 Å². The molecule has 132 valence electrons. The molecule has 0 bridgehead atoms. The molecule has 0 saturated carbocycles. The minimum absolute atomic E-state index is 0.00439. The van der Waals surface area contributed by atoms with Crippen molar-refractivity contribution < 1.29 is 4.79 Å². The molecule has 0 aliphatic heterocycles. The number of benzene rings is 3. The second-order valence-corrected chi connectivity index (χ2v) is 7.16. The number of carbonyl (C=O) groups excluding carboxylic acids is 1. The molecule has 27 heavy (non-hydrogen) atoms. The van der Waals surface area contributed by atoms with E-state index in [1.165, 1.54) is 16.5 Å². The summed E-state index contributed by atoms with van der Waals surface area (Å²) >= 11 is 12.1. The van der Waals surface area contributed by atoms with Crippen LogP contribution in [0.2, 0.25) is 10.0 Å². The predicted molar refractivity (Wildman–Crippen MR) is 110 cm³/mol. The Morgan fingerprint density at radius 2 is 1.78 bits per heavy atom. The Hall–Kier alpha value is -2.80. The minimum atomic E-state index is -0.523. The summed E-state index contributed by atoms with van der Waals surface area (Å²) in [6.07, 6.45) is 3.67. The number of nitrogens with one attached hydrogen (secondary N) is 1. The Morgan fingerprint density at radius 1 is 1.04 bits per heavy atom. The van der Waals surface area contributed by atoms with E-state index in [0.29, 0.717) is 10.7 Å². The van der Waals surface area contributed by atoms with Crippen LogP contribution >= 0.6 is 23.2 Å². The topological polar surface area (TPSA) is 52.9 Å². The molecule has 0 aromatic heterocycles. The van der Waals surface area contributed by atoms with Crippen LogP contribution in [-0.4, -0.2) is 5.91 Å². The summed E-state index contributed by atoms with van der Waals surface area (Å²) in [5.41, 5.74) is 3.85. The predicted octanol–water partition coefficient (Wildman–Crippen LogP) is 5.79. The zero-order valence-electron chi connectivity index (χ0n) is 14.2. The number of hydrogen-bond acceptors (Lipinski definition) is 2. The number of anilines is 1. The first-order valence-corrected chi connectivity index (χ1v) is 9.24. The van der Waals surface area contributed by atoms with Crippen molar-refractivity contribution in [3.8, 4) is 6.07 Å². The molecule has 0 spiro atoms. The molecule has 0 saturated heterocycles. The molecule has 1 aliphatic rings. The summed E-state index contributed by atoms with van der Waals surface area (Å²) in [4.78, 5) is 12.6. The Labute approximate surface area is 166 Å². The Bertz CT molecular complexity index is 1150. The molecular weight excluding hydrogens is 379 g/mol. The summed E-state index contributed by atoms with van der Waals surface area (Å²) in [6, 6.07) is 17.2. The Kier molecular flexibility index (Phi) is 4.61. The van der Waals surface area contributed by atoms with Gasteiger partial charge >= 0.3 is 0 Å². The van der Waals surface area contributed by atoms with Crippen LogP contribution in [0.25, 0.3) is 16.8 Å². The number of aryl methyl sites for hydroxylation is 2. The largest absolute Gasteiger partial charge is 0.320 e. The molecule has 0 atom stereocenters. The quantitative estimate of drug-likeness (QED) is 0.452. The fraction of sp³-hybridized carbons (Fsp3) is 0.0909. The van der Waals surface area contributed by atoms with E-state index in [-0.39, 0.29) is 10.6 Å². The molecule has 3 aromatic carbocycles. The van der Waals surface area contributed by atoms with Crippen LogP contribution < -0.4 is 5.32 Å². The highest BCUT2D eigenvalue weighted by molar-refractivity contribution is 6.44. The molecule has 0 unspecified atom stereocenters. The van der Waals surface area contributed by atoms with Crippen molar-refractivity contribution in [2.24, 2.45) is 0 Å². The van der Waals surface area contributed by atoms with Crippen molar-refractivity contribution in [1.82, 2.24) is 0 Å². The van der Waals surface area contributed by atoms with Gasteiger partial charge in [-0.1, -0.05) is 59.6 Å². The van der Waals surface area contributed by atoms with Crippen LogP contribution in [0.15, 0.2) is 54.1 Å². The van der Waals surface area contributed by atoms with Crippen molar-refractivity contribution in [2.75, 3.05) is 5.32 Å². The lowest BCUT2D eigenvalue weighted by molar-refractivity contribution is -0.112. The number of hydrogen-bond donors (Lipinski definition) is 1. The number of nitriles is 1. The molecule has 0 radical (unpaired) electrons. The van der Waals surface area contributed by atoms with Crippen LogP contribution in [0, 0.1) is 11.3 Å². The molecule has 0 fully saturated rings. The van der Waals surface area contributed by atoms with Gasteiger partial charge in [0.15, 0.2) is 0 Å². The zero-order valence-corrected chi connectivity index (χ0v) is 15.7. The third-order valence-electron chi connectivity index (χ3n) is 4.78. The van der Waals surface area contributed by atoms with Gasteiger partial charge in [0.2, 0.25) is 0 Å². The van der Waals surface area contributed by atoms with E-state index in [4.69, 9.17) is 23.2 Å². The van der Waals surface area contributed by atoms with E-state index < -0.39 is 5.91 Å². The standard InChI is InChI=1S/C22H14Cl2N2O/c23-18-5-2-6-19(21(18)24)26-22(27)16(12-25)11-15-10-9-14-8-7-13-3-1-4-17(15)20(13)14/h1-6,9-11H,7-8H2,(H,26,27)/b16-11+. The third-order valence-corrected chi connectivity index (χ3v) is 5.59. The summed E-state index contributed by atoms with van der Waals surface area (Å²) in [5.74, 6) is -0.523. The van der Waals surface area contributed by atoms with Crippen LogP contribution in [0.4, 0.5) is 5.69 Å². The maximum atomic E-state index is 12.6. The van der Waals surface area contributed by atoms with Gasteiger partial charge in [0, 0.05) is 0 Å². The van der Waals surface area contributed by atoms with Crippen molar-refractivity contribution in [3.05, 3.63) is 80.8 Å². The van der Waals surface area contributed by atoms with E-state index in [1.807, 2.05) is 24.3 Å². The molecule has 1 amide bonds. The summed E-state index contributed by atoms with van der Waals surface area (Å²) in [7, 11) is 0. The molecule has 1 aliphatic carbocycles. The van der Waals surface area contributed by atoms with Gasteiger partial charge in [-0.3, -0.25) is 4.79 Å². The maximum Gasteiger partial charge on any atom is 0.266 e. The molecule has 0 heterocycles. The van der Waals surface area contributed by atoms with Crippen LogP contribution in [0.5, 0.6) is 0 Å². The number of rotatable bonds is 3. The van der Waals surface area contributed by atoms with Gasteiger partial charge in [0.25, 0.3) is 5.91 Å². The summed E-state index contributed by atoms with van der Waals surface area (Å²) in [6.45, 7) is 0. The van der Waals surface area contributed by atoms with E-state index in [2.05, 4.69) is 17.4 Å². The van der Waals surface area contributed by atoms with E-state index >= 15 is 0 Å². The molecule has 4 rings (SSSR count). The van der Waals surface area contributed by atoms with Gasteiger partial charge in [0.1, 0.15) is 11.6 Å². The van der Waals surface area contributed by atoms with Crippen LogP contribution in [0.3, 0.4) is 0 Å². The van der Waals surface area contributed by atoms with E-state index in [0.717, 1.165) is 23.8 Å². The first-order chi connectivity index (χ1) is 13.1. The number of halogens is 2. The highest BCUT2D eigenvalue weighted by Crippen LogP contribution is 2.34. The van der Waals surface area contributed by atoms with Crippen LogP contribution in [-0.2, 0) is 17.6 Å². The van der Waals surface area contributed by atoms with Gasteiger partial charge in [-0.2, -0.15) is 5.26 Å². The van der Waals surface area contributed by atoms with Crippen LogP contribution in [0.1, 0.15) is 16.7 Å². The smallest absolute Gasteiger partial charge is 0.266 e. The van der Waals surface area contributed by atoms with Crippen molar-refractivity contribution in [1.29, 1.82) is 5.26 Å². The van der Waals surface area contributed by atoms with Gasteiger partial charge in [0.05, 0.1) is 15.7 Å². The Morgan fingerprint density at radius 3 is 2.56 bits per heavy atom. The highest BCUT2D eigenvalue weighted by Gasteiger charge is 2.17. The fourth-order valence-corrected chi connectivity index (χ4v) is 3.84. The molecule has 1 N–H and O–H groups in total. The van der Waals surface area contributed by atoms with E-state index in [9.17, 15) is 10.1 Å². The second kappa shape index (κ2) is 7.08. The van der Waals surface area contributed by atoms with E-state index in [1.54, 1.807) is 24.3 Å². The van der Waals surface area contributed by atoms with Gasteiger partial charge < -0.3 is 5.32 Å². The molecular formula is C22H14Cl2N2O. The van der Waals surface area contributed by atoms with Gasteiger partial charge in [-0.25, -0.2) is 0 Å². The number of nitrogens with zero attached hydrogens (tertiary/aromatic N) is 1. The first-order valence-electron chi connectivity index (χ1n) is 8.49. The lowest BCUT2D eigenvalue weighted by Crippen LogP contribution is -2.13. The van der Waals surface area contributed by atoms with Crippen molar-refractivity contribution in [3.63, 3.8) is 0 Å². The normalized spacial score (nSPS) is 12.9. The van der Waals surface area contributed by atoms with Crippen molar-refractivity contribution in [2.45, 2.75) is 12.8 Å². The summed E-state index contributed by atoms with van der Waals surface area (Å²) < 4.78 is 0. The lowest BCUT2D eigenvalue weighted by Gasteiger charge is -2.09. The summed E-state index contributed by atoms with van der Waals surface area (Å²) in [5, 5.41) is 15.1. The number of amides is 1. The van der Waals surface area contributed by atoms with Gasteiger partial charge in [-0.05, 0) is 58.5 Å². The maximum absolute atomic E-state index is 12.6. The molecule has 3 nitrogen and oxygen atoms in total. The molecule has 5 heteroatoms. The fourth-order valence-electron chi connectivity index (χ4n) is 3.49. The lowest BCUT2D eigenvalue weighted by atomic mass is 9.98. The van der Waals surface area contributed by atoms with Gasteiger partial charge in [-0.15, -0.1) is 0 Å². The monoisotopic (exact) mass is 392 g/mol. The average Bonchev–Trinajstić information content (AvgIpc) is 3.10. The number of carbonyl (C=O) groups is 1. The molecule has 3 aromatic rings.